The lowest BCUT2D eigenvalue weighted by atomic mass is 9.96. The summed E-state index contributed by atoms with van der Waals surface area (Å²) in [6.45, 7) is 2.56. The van der Waals surface area contributed by atoms with Crippen LogP contribution in [-0.2, 0) is 19.4 Å². The second-order valence-electron chi connectivity index (χ2n) is 6.34. The number of hydrogen-bond donors (Lipinski definition) is 2. The third-order valence-corrected chi connectivity index (χ3v) is 7.45. The number of rotatable bonds is 3. The van der Waals surface area contributed by atoms with Gasteiger partial charge < -0.3 is 15.3 Å². The summed E-state index contributed by atoms with van der Waals surface area (Å²) in [5.41, 5.74) is 0.285. The molecule has 0 spiro atoms. The van der Waals surface area contributed by atoms with E-state index in [0.717, 1.165) is 4.90 Å². The van der Waals surface area contributed by atoms with Gasteiger partial charge in [0.15, 0.2) is 15.2 Å². The quantitative estimate of drug-likeness (QED) is 0.715. The molecule has 128 valence electrons. The number of benzene rings is 1. The Morgan fingerprint density at radius 2 is 1.79 bits per heavy atom. The number of fused-ring (bicyclic) bond motifs is 1. The third kappa shape index (κ3) is 1.97. The molecule has 1 unspecified atom stereocenters. The van der Waals surface area contributed by atoms with Crippen molar-refractivity contribution in [3.63, 3.8) is 0 Å². The van der Waals surface area contributed by atoms with Crippen LogP contribution in [0.5, 0.6) is 0 Å². The van der Waals surface area contributed by atoms with Crippen molar-refractivity contribution in [1.82, 2.24) is 10.2 Å². The molecule has 0 radical (unpaired) electrons. The van der Waals surface area contributed by atoms with Gasteiger partial charge in [-0.05, 0) is 26.0 Å². The Morgan fingerprint density at radius 3 is 2.33 bits per heavy atom. The summed E-state index contributed by atoms with van der Waals surface area (Å²) in [5, 5.41) is 10.4. The highest BCUT2D eigenvalue weighted by atomic mass is 32.2. The SMILES string of the molecule is CC1(C)[C@H](C(=O)O)N2C(=O)C(NC(=O)c3ccccc3)[C@H]2S1(=O)=O. The minimum Gasteiger partial charge on any atom is -0.480 e. The number of aliphatic carboxylic acids is 1. The van der Waals surface area contributed by atoms with Gasteiger partial charge in [0, 0.05) is 5.56 Å². The zero-order valence-electron chi connectivity index (χ0n) is 13.0. The molecule has 0 aliphatic carbocycles. The van der Waals surface area contributed by atoms with Crippen molar-refractivity contribution in [3.05, 3.63) is 35.9 Å². The van der Waals surface area contributed by atoms with Gasteiger partial charge in [0.1, 0.15) is 16.8 Å². The topological polar surface area (TPSA) is 121 Å². The first kappa shape index (κ1) is 16.4. The summed E-state index contributed by atoms with van der Waals surface area (Å²) in [6, 6.07) is 5.32. The molecule has 2 aliphatic heterocycles. The van der Waals surface area contributed by atoms with Crippen molar-refractivity contribution in [3.8, 4) is 0 Å². The molecular formula is C15H16N2O6S. The average Bonchev–Trinajstić information content (AvgIpc) is 2.66. The van der Waals surface area contributed by atoms with E-state index in [1.54, 1.807) is 18.2 Å². The second-order valence-corrected chi connectivity index (χ2v) is 8.97. The van der Waals surface area contributed by atoms with Crippen LogP contribution in [-0.4, -0.2) is 58.4 Å². The Morgan fingerprint density at radius 1 is 1.21 bits per heavy atom. The first-order valence-electron chi connectivity index (χ1n) is 7.25. The molecule has 0 saturated carbocycles. The van der Waals surface area contributed by atoms with Crippen LogP contribution in [0, 0.1) is 0 Å². The molecule has 2 amide bonds. The van der Waals surface area contributed by atoms with Gasteiger partial charge in [-0.1, -0.05) is 18.2 Å². The van der Waals surface area contributed by atoms with Crippen LogP contribution in [0.2, 0.25) is 0 Å². The van der Waals surface area contributed by atoms with Crippen molar-refractivity contribution in [1.29, 1.82) is 0 Å². The molecule has 3 rings (SSSR count). The van der Waals surface area contributed by atoms with E-state index < -0.39 is 49.8 Å². The molecule has 2 saturated heterocycles. The van der Waals surface area contributed by atoms with E-state index in [4.69, 9.17) is 0 Å². The van der Waals surface area contributed by atoms with Crippen molar-refractivity contribution in [2.45, 2.75) is 36.1 Å². The number of nitrogens with zero attached hydrogens (tertiary/aromatic N) is 1. The summed E-state index contributed by atoms with van der Waals surface area (Å²) < 4.78 is 23.7. The van der Waals surface area contributed by atoms with Gasteiger partial charge in [-0.2, -0.15) is 0 Å². The van der Waals surface area contributed by atoms with Crippen LogP contribution in [0.3, 0.4) is 0 Å². The predicted molar refractivity (Wildman–Crippen MR) is 82.8 cm³/mol. The monoisotopic (exact) mass is 352 g/mol. The van der Waals surface area contributed by atoms with Crippen LogP contribution in [0.1, 0.15) is 24.2 Å². The molecule has 0 bridgehead atoms. The lowest BCUT2D eigenvalue weighted by Gasteiger charge is -2.42. The summed E-state index contributed by atoms with van der Waals surface area (Å²) in [7, 11) is -3.96. The fraction of sp³-hybridized carbons (Fsp3) is 0.400. The molecule has 2 fully saturated rings. The standard InChI is InChI=1S/C15H16N2O6S/c1-15(2)10(14(20)21)17-12(19)9(13(17)24(15,22)23)16-11(18)8-6-4-3-5-7-8/h3-7,9-10,13H,1-2H3,(H,16,18)(H,20,21)/t9?,10-,13+/m0/s1. The summed E-state index contributed by atoms with van der Waals surface area (Å²) >= 11 is 0. The highest BCUT2D eigenvalue weighted by Crippen LogP contribution is 2.45. The number of carbonyl (C=O) groups is 3. The first-order chi connectivity index (χ1) is 11.1. The Bertz CT molecular complexity index is 833. The number of hydrogen-bond acceptors (Lipinski definition) is 5. The van der Waals surface area contributed by atoms with Crippen LogP contribution in [0.25, 0.3) is 0 Å². The molecule has 24 heavy (non-hydrogen) atoms. The number of carboxylic acids is 1. The smallest absolute Gasteiger partial charge is 0.328 e. The number of β-lactam (4-membered cyclic amide) rings is 1. The van der Waals surface area contributed by atoms with E-state index in [0.29, 0.717) is 0 Å². The van der Waals surface area contributed by atoms with Gasteiger partial charge in [-0.3, -0.25) is 9.59 Å². The molecule has 1 aromatic carbocycles. The Balaban J connectivity index is 1.91. The highest BCUT2D eigenvalue weighted by Gasteiger charge is 2.72. The molecule has 1 aromatic rings. The number of sulfone groups is 1. The van der Waals surface area contributed by atoms with Crippen LogP contribution >= 0.6 is 0 Å². The van der Waals surface area contributed by atoms with E-state index in [1.165, 1.54) is 26.0 Å². The summed E-state index contributed by atoms with van der Waals surface area (Å²) in [4.78, 5) is 36.7. The minimum absolute atomic E-state index is 0.285. The zero-order valence-corrected chi connectivity index (χ0v) is 13.8. The van der Waals surface area contributed by atoms with E-state index in [9.17, 15) is 27.9 Å². The highest BCUT2D eigenvalue weighted by molar-refractivity contribution is 7.94. The maximum absolute atomic E-state index is 12.7. The predicted octanol–water partition coefficient (Wildman–Crippen LogP) is -0.386. The van der Waals surface area contributed by atoms with E-state index in [2.05, 4.69) is 5.32 Å². The normalized spacial score (nSPS) is 29.5. The van der Waals surface area contributed by atoms with Gasteiger partial charge in [0.2, 0.25) is 5.91 Å². The van der Waals surface area contributed by atoms with Crippen LogP contribution < -0.4 is 5.32 Å². The minimum atomic E-state index is -3.96. The Labute approximate surface area is 138 Å². The van der Waals surface area contributed by atoms with Gasteiger partial charge in [0.05, 0.1) is 0 Å². The second kappa shape index (κ2) is 5.04. The third-order valence-electron chi connectivity index (χ3n) is 4.62. The lowest BCUT2D eigenvalue weighted by Crippen LogP contribution is -2.72. The molecule has 2 N–H and O–H groups in total. The molecule has 9 heteroatoms. The summed E-state index contributed by atoms with van der Waals surface area (Å²) in [6.07, 6.45) is 0. The molecule has 2 aliphatic rings. The lowest BCUT2D eigenvalue weighted by molar-refractivity contribution is -0.159. The maximum atomic E-state index is 12.7. The van der Waals surface area contributed by atoms with Crippen LogP contribution in [0.15, 0.2) is 30.3 Å². The van der Waals surface area contributed by atoms with Crippen molar-refractivity contribution < 1.29 is 27.9 Å². The van der Waals surface area contributed by atoms with Gasteiger partial charge in [-0.15, -0.1) is 0 Å². The number of amides is 2. The molecular weight excluding hydrogens is 336 g/mol. The largest absolute Gasteiger partial charge is 0.480 e. The van der Waals surface area contributed by atoms with E-state index in [-0.39, 0.29) is 5.56 Å². The van der Waals surface area contributed by atoms with Crippen molar-refractivity contribution >= 4 is 27.6 Å². The van der Waals surface area contributed by atoms with Crippen LogP contribution in [0.4, 0.5) is 0 Å². The number of carboxylic acid groups (broad SMARTS) is 1. The Kier molecular flexibility index (Phi) is 3.45. The maximum Gasteiger partial charge on any atom is 0.328 e. The summed E-state index contributed by atoms with van der Waals surface area (Å²) in [5.74, 6) is -2.67. The molecule has 2 heterocycles. The van der Waals surface area contributed by atoms with E-state index >= 15 is 0 Å². The number of nitrogens with one attached hydrogen (secondary N) is 1. The van der Waals surface area contributed by atoms with Crippen molar-refractivity contribution in [2.75, 3.05) is 0 Å². The zero-order chi connectivity index (χ0) is 17.9. The van der Waals surface area contributed by atoms with Crippen molar-refractivity contribution in [2.24, 2.45) is 0 Å². The molecule has 0 aromatic heterocycles. The Hall–Kier alpha value is -2.42. The first-order valence-corrected chi connectivity index (χ1v) is 8.79. The number of carbonyl (C=O) groups excluding carboxylic acids is 2. The fourth-order valence-corrected chi connectivity index (χ4v) is 5.47. The average molecular weight is 352 g/mol. The molecule has 8 nitrogen and oxygen atoms in total. The van der Waals surface area contributed by atoms with Gasteiger partial charge >= 0.3 is 5.97 Å². The molecule has 3 atom stereocenters. The van der Waals surface area contributed by atoms with Gasteiger partial charge in [-0.25, -0.2) is 13.2 Å². The van der Waals surface area contributed by atoms with Gasteiger partial charge in [0.25, 0.3) is 5.91 Å². The van der Waals surface area contributed by atoms with E-state index in [1.807, 2.05) is 0 Å². The fourth-order valence-electron chi connectivity index (χ4n) is 3.25.